The molecule has 2 N–H and O–H groups in total. The second kappa shape index (κ2) is 9.40. The van der Waals surface area contributed by atoms with Gasteiger partial charge in [0.15, 0.2) is 0 Å². The normalized spacial score (nSPS) is 14.7. The lowest BCUT2D eigenvalue weighted by atomic mass is 9.94. The van der Waals surface area contributed by atoms with Crippen LogP contribution in [0.3, 0.4) is 0 Å². The lowest BCUT2D eigenvalue weighted by Gasteiger charge is -2.29. The smallest absolute Gasteiger partial charge is 0.249 e. The Morgan fingerprint density at radius 1 is 1.00 bits per heavy atom. The van der Waals surface area contributed by atoms with E-state index < -0.39 is 5.91 Å². The second-order valence-electron chi connectivity index (χ2n) is 8.66. The van der Waals surface area contributed by atoms with E-state index in [1.165, 1.54) is 36.1 Å². The van der Waals surface area contributed by atoms with Crippen LogP contribution in [0.2, 0.25) is 5.02 Å². The lowest BCUT2D eigenvalue weighted by Crippen LogP contribution is -2.29. The number of nitrogens with zero attached hydrogens (tertiary/aromatic N) is 1. The summed E-state index contributed by atoms with van der Waals surface area (Å²) < 4.78 is 5.66. The minimum absolute atomic E-state index is 0.402. The molecule has 0 unspecified atom stereocenters. The van der Waals surface area contributed by atoms with Crippen LogP contribution in [-0.4, -0.2) is 30.9 Å². The molecule has 4 nitrogen and oxygen atoms in total. The molecule has 1 heterocycles. The van der Waals surface area contributed by atoms with E-state index in [1.54, 1.807) is 0 Å². The molecule has 6 heteroatoms. The quantitative estimate of drug-likeness (QED) is 0.295. The third kappa shape index (κ3) is 4.36. The van der Waals surface area contributed by atoms with Crippen LogP contribution >= 0.6 is 27.5 Å². The zero-order chi connectivity index (χ0) is 22.9. The number of primary amides is 1. The number of amides is 1. The summed E-state index contributed by atoms with van der Waals surface area (Å²) in [5.41, 5.74) is 14.1. The molecule has 1 fully saturated rings. The highest BCUT2D eigenvalue weighted by atomic mass is 79.9. The molecule has 0 aromatic heterocycles. The van der Waals surface area contributed by atoms with E-state index in [9.17, 15) is 4.79 Å². The van der Waals surface area contributed by atoms with E-state index in [0.717, 1.165) is 47.1 Å². The van der Waals surface area contributed by atoms with Crippen molar-refractivity contribution in [3.8, 4) is 28.0 Å². The Morgan fingerprint density at radius 3 is 2.55 bits per heavy atom. The SMILES string of the molecule is NC(=O)c1cc(-c2ccc(OCCBr)c(Cl)c2)cc2c1Cc1cc(N3CCCCC3)ccc1-2. The molecule has 2 aliphatic rings. The van der Waals surface area contributed by atoms with Crippen molar-refractivity contribution in [3.05, 3.63) is 70.2 Å². The van der Waals surface area contributed by atoms with E-state index >= 15 is 0 Å². The summed E-state index contributed by atoms with van der Waals surface area (Å²) in [7, 11) is 0. The molecule has 3 aromatic rings. The number of nitrogens with two attached hydrogens (primary N) is 1. The molecule has 1 saturated heterocycles. The molecular weight excluding hydrogens is 500 g/mol. The Hall–Kier alpha value is -2.50. The van der Waals surface area contributed by atoms with E-state index in [1.807, 2.05) is 24.3 Å². The molecule has 5 rings (SSSR count). The van der Waals surface area contributed by atoms with Gasteiger partial charge in [-0.15, -0.1) is 0 Å². The van der Waals surface area contributed by atoms with Crippen molar-refractivity contribution in [2.75, 3.05) is 29.9 Å². The van der Waals surface area contributed by atoms with E-state index in [-0.39, 0.29) is 0 Å². The molecule has 0 spiro atoms. The first kappa shape index (κ1) is 22.3. The topological polar surface area (TPSA) is 55.6 Å². The highest BCUT2D eigenvalue weighted by molar-refractivity contribution is 9.09. The number of benzene rings is 3. The first-order chi connectivity index (χ1) is 16.0. The molecule has 0 bridgehead atoms. The van der Waals surface area contributed by atoms with Gasteiger partial charge in [0.25, 0.3) is 0 Å². The average molecular weight is 526 g/mol. The van der Waals surface area contributed by atoms with Gasteiger partial charge in [0.1, 0.15) is 5.75 Å². The fourth-order valence-corrected chi connectivity index (χ4v) is 5.36. The maximum atomic E-state index is 12.4. The van der Waals surface area contributed by atoms with Gasteiger partial charge in [0, 0.05) is 29.7 Å². The molecular formula is C27H26BrClN2O2. The summed E-state index contributed by atoms with van der Waals surface area (Å²) in [5.74, 6) is 0.243. The molecule has 3 aromatic carbocycles. The van der Waals surface area contributed by atoms with Crippen LogP contribution in [0, 0.1) is 0 Å². The number of ether oxygens (including phenoxy) is 1. The number of halogens is 2. The van der Waals surface area contributed by atoms with Crippen LogP contribution in [0.1, 0.15) is 40.7 Å². The molecule has 170 valence electrons. The van der Waals surface area contributed by atoms with Gasteiger partial charge in [-0.2, -0.15) is 0 Å². The number of anilines is 1. The van der Waals surface area contributed by atoms with Crippen molar-refractivity contribution in [2.24, 2.45) is 5.73 Å². The predicted octanol–water partition coefficient (Wildman–Crippen LogP) is 6.44. The van der Waals surface area contributed by atoms with Crippen molar-refractivity contribution >= 4 is 39.1 Å². The highest BCUT2D eigenvalue weighted by Crippen LogP contribution is 2.43. The zero-order valence-electron chi connectivity index (χ0n) is 18.4. The van der Waals surface area contributed by atoms with Crippen molar-refractivity contribution in [1.82, 2.24) is 0 Å². The monoisotopic (exact) mass is 524 g/mol. The van der Waals surface area contributed by atoms with E-state index in [0.29, 0.717) is 22.9 Å². The number of fused-ring (bicyclic) bond motifs is 3. The number of carbonyl (C=O) groups is 1. The van der Waals surface area contributed by atoms with Crippen molar-refractivity contribution in [2.45, 2.75) is 25.7 Å². The third-order valence-corrected chi connectivity index (χ3v) is 7.20. The average Bonchev–Trinajstić information content (AvgIpc) is 3.21. The summed E-state index contributed by atoms with van der Waals surface area (Å²) in [4.78, 5) is 14.9. The van der Waals surface area contributed by atoms with Gasteiger partial charge in [-0.3, -0.25) is 4.79 Å². The van der Waals surface area contributed by atoms with Crippen LogP contribution in [0.4, 0.5) is 5.69 Å². The maximum Gasteiger partial charge on any atom is 0.249 e. The Kier molecular flexibility index (Phi) is 6.35. The van der Waals surface area contributed by atoms with Gasteiger partial charge in [-0.25, -0.2) is 0 Å². The van der Waals surface area contributed by atoms with E-state index in [2.05, 4.69) is 45.1 Å². The van der Waals surface area contributed by atoms with Gasteiger partial charge in [0.05, 0.1) is 11.6 Å². The molecule has 0 saturated carbocycles. The minimum atomic E-state index is -0.402. The van der Waals surface area contributed by atoms with Crippen molar-refractivity contribution < 1.29 is 9.53 Å². The number of alkyl halides is 1. The van der Waals surface area contributed by atoms with Crippen LogP contribution in [-0.2, 0) is 6.42 Å². The Morgan fingerprint density at radius 2 is 1.82 bits per heavy atom. The predicted molar refractivity (Wildman–Crippen MR) is 139 cm³/mol. The number of hydrogen-bond donors (Lipinski definition) is 1. The molecule has 1 amide bonds. The Bertz CT molecular complexity index is 1220. The molecule has 0 atom stereocenters. The second-order valence-corrected chi connectivity index (χ2v) is 9.86. The van der Waals surface area contributed by atoms with E-state index in [4.69, 9.17) is 22.1 Å². The largest absolute Gasteiger partial charge is 0.491 e. The van der Waals surface area contributed by atoms with Gasteiger partial charge < -0.3 is 15.4 Å². The van der Waals surface area contributed by atoms with Crippen LogP contribution in [0.5, 0.6) is 5.75 Å². The molecule has 1 aliphatic heterocycles. The lowest BCUT2D eigenvalue weighted by molar-refractivity contribution is 0.0999. The Labute approximate surface area is 207 Å². The minimum Gasteiger partial charge on any atom is -0.491 e. The van der Waals surface area contributed by atoms with Crippen LogP contribution in [0.15, 0.2) is 48.5 Å². The van der Waals surface area contributed by atoms with Gasteiger partial charge in [-0.05, 0) is 95.5 Å². The third-order valence-electron chi connectivity index (χ3n) is 6.58. The highest BCUT2D eigenvalue weighted by Gasteiger charge is 2.26. The molecule has 0 radical (unpaired) electrons. The van der Waals surface area contributed by atoms with Gasteiger partial charge in [0.2, 0.25) is 5.91 Å². The number of carbonyl (C=O) groups excluding carboxylic acids is 1. The standard InChI is InChI=1S/C27H26BrClN2O2/c28-8-11-33-26-7-4-17(16-25(26)29)18-13-22-21-6-5-20(31-9-2-1-3-10-31)12-19(21)15-23(22)24(14-18)27(30)32/h4-7,12-14,16H,1-3,8-11,15H2,(H2,30,32). The maximum absolute atomic E-state index is 12.4. The fourth-order valence-electron chi connectivity index (χ4n) is 4.96. The molecule has 33 heavy (non-hydrogen) atoms. The summed E-state index contributed by atoms with van der Waals surface area (Å²) >= 11 is 9.83. The Balaban J connectivity index is 1.54. The summed E-state index contributed by atoms with van der Waals surface area (Å²) in [6, 6.07) is 16.5. The first-order valence-corrected chi connectivity index (χ1v) is 12.9. The number of hydrogen-bond acceptors (Lipinski definition) is 3. The number of piperidine rings is 1. The summed E-state index contributed by atoms with van der Waals surface area (Å²) in [6.45, 7) is 2.76. The molecule has 1 aliphatic carbocycles. The van der Waals surface area contributed by atoms with Crippen molar-refractivity contribution in [3.63, 3.8) is 0 Å². The number of rotatable bonds is 6. The summed E-state index contributed by atoms with van der Waals surface area (Å²) in [6.07, 6.45) is 4.53. The van der Waals surface area contributed by atoms with Crippen LogP contribution in [0.25, 0.3) is 22.3 Å². The first-order valence-electron chi connectivity index (χ1n) is 11.4. The summed E-state index contributed by atoms with van der Waals surface area (Å²) in [5, 5.41) is 1.28. The van der Waals surface area contributed by atoms with Gasteiger partial charge in [-0.1, -0.05) is 39.7 Å². The van der Waals surface area contributed by atoms with Crippen molar-refractivity contribution in [1.29, 1.82) is 0 Å². The van der Waals surface area contributed by atoms with Gasteiger partial charge >= 0.3 is 0 Å². The fraction of sp³-hybridized carbons (Fsp3) is 0.296. The van der Waals surface area contributed by atoms with Crippen LogP contribution < -0.4 is 15.4 Å². The zero-order valence-corrected chi connectivity index (χ0v) is 20.7.